The van der Waals surface area contributed by atoms with Crippen LogP contribution >= 0.6 is 0 Å². The molecule has 18 heavy (non-hydrogen) atoms. The Morgan fingerprint density at radius 2 is 2.22 bits per heavy atom. The number of aliphatic hydroxyl groups excluding tert-OH is 1. The van der Waals surface area contributed by atoms with E-state index in [1.807, 2.05) is 4.68 Å². The van der Waals surface area contributed by atoms with E-state index in [-0.39, 0.29) is 6.61 Å². The average Bonchev–Trinajstić information content (AvgIpc) is 2.81. The lowest BCUT2D eigenvalue weighted by atomic mass is 9.94. The monoisotopic (exact) mass is 250 g/mol. The highest BCUT2D eigenvalue weighted by Gasteiger charge is 2.24. The summed E-state index contributed by atoms with van der Waals surface area (Å²) in [6.45, 7) is 2.30. The van der Waals surface area contributed by atoms with Crippen molar-refractivity contribution >= 4 is 0 Å². The van der Waals surface area contributed by atoms with Crippen molar-refractivity contribution in [2.45, 2.75) is 38.1 Å². The van der Waals surface area contributed by atoms with Gasteiger partial charge >= 0.3 is 0 Å². The molecular weight excluding hydrogens is 232 g/mol. The summed E-state index contributed by atoms with van der Waals surface area (Å²) in [5.74, 6) is 0.371. The molecule has 0 radical (unpaired) electrons. The van der Waals surface area contributed by atoms with Crippen molar-refractivity contribution in [2.75, 3.05) is 19.8 Å². The standard InChI is InChI=1S/C12H18N4O2/c13-5-2-11-12(10-3-8-18-9-4-10)16(15-14-11)6-1-7-17/h10,17H,1-4,6-9H2. The molecule has 0 atom stereocenters. The first kappa shape index (κ1) is 13.0. The summed E-state index contributed by atoms with van der Waals surface area (Å²) in [5.41, 5.74) is 1.84. The molecule has 0 aliphatic carbocycles. The van der Waals surface area contributed by atoms with E-state index in [1.54, 1.807) is 0 Å². The Morgan fingerprint density at radius 3 is 2.89 bits per heavy atom. The SMILES string of the molecule is N#CCc1nnn(CCCO)c1C1CCOCC1. The van der Waals surface area contributed by atoms with E-state index < -0.39 is 0 Å². The maximum atomic E-state index is 8.91. The topological polar surface area (TPSA) is 84.0 Å². The van der Waals surface area contributed by atoms with Crippen molar-refractivity contribution in [2.24, 2.45) is 0 Å². The molecule has 0 aromatic carbocycles. The molecule has 0 unspecified atom stereocenters. The van der Waals surface area contributed by atoms with Gasteiger partial charge in [-0.2, -0.15) is 5.26 Å². The molecule has 2 rings (SSSR count). The van der Waals surface area contributed by atoms with Crippen molar-refractivity contribution < 1.29 is 9.84 Å². The highest BCUT2D eigenvalue weighted by atomic mass is 16.5. The molecule has 1 aliphatic heterocycles. The van der Waals surface area contributed by atoms with E-state index in [4.69, 9.17) is 15.1 Å². The summed E-state index contributed by atoms with van der Waals surface area (Å²) in [6, 6.07) is 2.14. The molecule has 6 heteroatoms. The maximum Gasteiger partial charge on any atom is 0.100 e. The number of aliphatic hydroxyl groups is 1. The highest BCUT2D eigenvalue weighted by Crippen LogP contribution is 2.28. The van der Waals surface area contributed by atoms with Gasteiger partial charge < -0.3 is 9.84 Å². The Bertz CT molecular complexity index is 418. The Balaban J connectivity index is 2.21. The number of aromatic nitrogens is 3. The molecule has 1 aliphatic rings. The summed E-state index contributed by atoms with van der Waals surface area (Å²) in [5, 5.41) is 26.0. The molecule has 1 saturated heterocycles. The van der Waals surface area contributed by atoms with E-state index in [1.165, 1.54) is 0 Å². The summed E-state index contributed by atoms with van der Waals surface area (Å²) < 4.78 is 7.21. The first-order chi connectivity index (χ1) is 8.86. The van der Waals surface area contributed by atoms with Crippen LogP contribution in [-0.4, -0.2) is 39.9 Å². The van der Waals surface area contributed by atoms with Crippen molar-refractivity contribution in [3.8, 4) is 6.07 Å². The van der Waals surface area contributed by atoms with Crippen molar-refractivity contribution in [3.63, 3.8) is 0 Å². The molecule has 0 saturated carbocycles. The van der Waals surface area contributed by atoms with Gasteiger partial charge in [-0.05, 0) is 19.3 Å². The lowest BCUT2D eigenvalue weighted by Crippen LogP contribution is -2.19. The number of nitriles is 1. The minimum absolute atomic E-state index is 0.140. The number of ether oxygens (including phenoxy) is 1. The van der Waals surface area contributed by atoms with E-state index in [0.29, 0.717) is 25.3 Å². The molecule has 1 aromatic heterocycles. The first-order valence-electron chi connectivity index (χ1n) is 6.34. The zero-order valence-electron chi connectivity index (χ0n) is 10.4. The number of nitrogens with zero attached hydrogens (tertiary/aromatic N) is 4. The van der Waals surface area contributed by atoms with Crippen molar-refractivity contribution in [1.82, 2.24) is 15.0 Å². The number of rotatable bonds is 5. The molecule has 1 N–H and O–H groups in total. The molecule has 1 aromatic rings. The van der Waals surface area contributed by atoms with Gasteiger partial charge in [0.25, 0.3) is 0 Å². The highest BCUT2D eigenvalue weighted by molar-refractivity contribution is 5.19. The van der Waals surface area contributed by atoms with Gasteiger partial charge in [0.15, 0.2) is 0 Å². The molecule has 1 fully saturated rings. The van der Waals surface area contributed by atoms with Gasteiger partial charge in [-0.3, -0.25) is 0 Å². The Morgan fingerprint density at radius 1 is 1.44 bits per heavy atom. The second-order valence-corrected chi connectivity index (χ2v) is 4.44. The molecular formula is C12H18N4O2. The van der Waals surface area contributed by atoms with Gasteiger partial charge in [0.1, 0.15) is 5.69 Å². The average molecular weight is 250 g/mol. The van der Waals surface area contributed by atoms with Gasteiger partial charge in [-0.15, -0.1) is 5.10 Å². The predicted octanol–water partition coefficient (Wildman–Crippen LogP) is 0.621. The zero-order valence-corrected chi connectivity index (χ0v) is 10.4. The van der Waals surface area contributed by atoms with Gasteiger partial charge in [-0.25, -0.2) is 4.68 Å². The van der Waals surface area contributed by atoms with E-state index >= 15 is 0 Å². The third kappa shape index (κ3) is 2.86. The normalized spacial score (nSPS) is 16.7. The first-order valence-corrected chi connectivity index (χ1v) is 6.34. The second-order valence-electron chi connectivity index (χ2n) is 4.44. The maximum absolute atomic E-state index is 8.91. The second kappa shape index (κ2) is 6.47. The number of aryl methyl sites for hydroxylation is 1. The van der Waals surface area contributed by atoms with Crippen molar-refractivity contribution in [3.05, 3.63) is 11.4 Å². The third-order valence-corrected chi connectivity index (χ3v) is 3.23. The fourth-order valence-electron chi connectivity index (χ4n) is 2.36. The fourth-order valence-corrected chi connectivity index (χ4v) is 2.36. The molecule has 6 nitrogen and oxygen atoms in total. The Hall–Kier alpha value is -1.45. The lowest BCUT2D eigenvalue weighted by Gasteiger charge is -2.23. The number of hydrogen-bond acceptors (Lipinski definition) is 5. The van der Waals surface area contributed by atoms with Crippen molar-refractivity contribution in [1.29, 1.82) is 5.26 Å². The fraction of sp³-hybridized carbons (Fsp3) is 0.750. The van der Waals surface area contributed by atoms with E-state index in [9.17, 15) is 0 Å². The summed E-state index contributed by atoms with van der Waals surface area (Å²) in [4.78, 5) is 0. The van der Waals surface area contributed by atoms with Gasteiger partial charge in [-0.1, -0.05) is 5.21 Å². The molecule has 0 spiro atoms. The summed E-state index contributed by atoms with van der Waals surface area (Å²) in [6.07, 6.45) is 2.85. The number of hydrogen-bond donors (Lipinski definition) is 1. The molecule has 0 amide bonds. The lowest BCUT2D eigenvalue weighted by molar-refractivity contribution is 0.0832. The van der Waals surface area contributed by atoms with Gasteiger partial charge in [0.2, 0.25) is 0 Å². The van der Waals surface area contributed by atoms with Gasteiger partial charge in [0.05, 0.1) is 18.2 Å². The zero-order chi connectivity index (χ0) is 12.8. The summed E-state index contributed by atoms with van der Waals surface area (Å²) in [7, 11) is 0. The molecule has 2 heterocycles. The quantitative estimate of drug-likeness (QED) is 0.828. The third-order valence-electron chi connectivity index (χ3n) is 3.23. The van der Waals surface area contributed by atoms with Crippen LogP contribution in [0.15, 0.2) is 0 Å². The van der Waals surface area contributed by atoms with Crippen LogP contribution in [-0.2, 0) is 17.7 Å². The van der Waals surface area contributed by atoms with Crippen LogP contribution in [0.1, 0.15) is 36.6 Å². The summed E-state index contributed by atoms with van der Waals surface area (Å²) >= 11 is 0. The van der Waals surface area contributed by atoms with Crippen LogP contribution in [0.4, 0.5) is 0 Å². The molecule has 98 valence electrons. The van der Waals surface area contributed by atoms with Crippen LogP contribution in [0, 0.1) is 11.3 Å². The van der Waals surface area contributed by atoms with Crippen LogP contribution in [0.5, 0.6) is 0 Å². The minimum atomic E-state index is 0.140. The van der Waals surface area contributed by atoms with E-state index in [0.717, 1.165) is 37.4 Å². The van der Waals surface area contributed by atoms with Crippen LogP contribution < -0.4 is 0 Å². The largest absolute Gasteiger partial charge is 0.396 e. The Kier molecular flexibility index (Phi) is 4.67. The molecule has 0 bridgehead atoms. The smallest absolute Gasteiger partial charge is 0.100 e. The van der Waals surface area contributed by atoms with Gasteiger partial charge in [0, 0.05) is 32.3 Å². The predicted molar refractivity (Wildman–Crippen MR) is 63.8 cm³/mol. The van der Waals surface area contributed by atoms with Crippen LogP contribution in [0.25, 0.3) is 0 Å². The van der Waals surface area contributed by atoms with Crippen LogP contribution in [0.2, 0.25) is 0 Å². The van der Waals surface area contributed by atoms with E-state index in [2.05, 4.69) is 16.4 Å². The minimum Gasteiger partial charge on any atom is -0.396 e. The van der Waals surface area contributed by atoms with Crippen LogP contribution in [0.3, 0.4) is 0 Å². The Labute approximate surface area is 106 Å².